The third-order valence-corrected chi connectivity index (χ3v) is 8.48. The normalized spacial score (nSPS) is 12.4. The number of hydrogen-bond acceptors (Lipinski definition) is 5. The Morgan fingerprint density at radius 3 is 2.20 bits per heavy atom. The lowest BCUT2D eigenvalue weighted by Crippen LogP contribution is -2.54. The van der Waals surface area contributed by atoms with Crippen molar-refractivity contribution in [3.05, 3.63) is 88.4 Å². The first-order chi connectivity index (χ1) is 18.7. The number of nitrogens with zero attached hydrogens (tertiary/aromatic N) is 2. The van der Waals surface area contributed by atoms with Crippen LogP contribution in [0.25, 0.3) is 0 Å². The Morgan fingerprint density at radius 1 is 1.00 bits per heavy atom. The van der Waals surface area contributed by atoms with Gasteiger partial charge in [0.25, 0.3) is 10.0 Å². The van der Waals surface area contributed by atoms with Crippen molar-refractivity contribution >= 4 is 43.5 Å². The van der Waals surface area contributed by atoms with E-state index in [0.717, 1.165) is 19.9 Å². The molecule has 3 aromatic rings. The second-order valence-corrected chi connectivity index (χ2v) is 13.4. The van der Waals surface area contributed by atoms with Crippen molar-refractivity contribution in [1.29, 1.82) is 0 Å². The van der Waals surface area contributed by atoms with E-state index in [1.807, 2.05) is 52.0 Å². The Bertz CT molecular complexity index is 1440. The van der Waals surface area contributed by atoms with E-state index >= 15 is 0 Å². The number of anilines is 1. The number of methoxy groups -OCH3 is 1. The summed E-state index contributed by atoms with van der Waals surface area (Å²) in [6, 6.07) is 19.5. The maximum absolute atomic E-state index is 14.0. The third-order valence-electron chi connectivity index (χ3n) is 6.16. The lowest BCUT2D eigenvalue weighted by molar-refractivity contribution is -0.140. The molecule has 0 saturated heterocycles. The maximum Gasteiger partial charge on any atom is 0.264 e. The molecule has 10 heteroatoms. The van der Waals surface area contributed by atoms with E-state index in [4.69, 9.17) is 4.74 Å². The number of sulfonamides is 1. The Kier molecular flexibility index (Phi) is 10.0. The van der Waals surface area contributed by atoms with Crippen molar-refractivity contribution < 1.29 is 22.7 Å². The van der Waals surface area contributed by atoms with E-state index in [1.165, 1.54) is 24.1 Å². The minimum atomic E-state index is -4.15. The van der Waals surface area contributed by atoms with Gasteiger partial charge in [-0.25, -0.2) is 8.42 Å². The van der Waals surface area contributed by atoms with Crippen LogP contribution in [0.15, 0.2) is 82.2 Å². The minimum Gasteiger partial charge on any atom is -0.497 e. The van der Waals surface area contributed by atoms with Gasteiger partial charge in [-0.1, -0.05) is 51.8 Å². The molecule has 0 radical (unpaired) electrons. The molecule has 0 aliphatic heterocycles. The Balaban J connectivity index is 2.05. The molecule has 0 spiro atoms. The summed E-state index contributed by atoms with van der Waals surface area (Å²) in [5, 5.41) is 2.92. The smallest absolute Gasteiger partial charge is 0.264 e. The predicted octanol–water partition coefficient (Wildman–Crippen LogP) is 5.29. The van der Waals surface area contributed by atoms with Gasteiger partial charge >= 0.3 is 0 Å². The van der Waals surface area contributed by atoms with Crippen LogP contribution in [0.5, 0.6) is 5.75 Å². The van der Waals surface area contributed by atoms with Gasteiger partial charge in [0.2, 0.25) is 11.8 Å². The van der Waals surface area contributed by atoms with Gasteiger partial charge in [0.1, 0.15) is 18.3 Å². The first kappa shape index (κ1) is 31.2. The SMILES string of the molecule is COc1cccc(N(CC(=O)N(Cc2ccc(Br)cc2)[C@H](C)C(=O)NC(C)(C)C)S(=O)(=O)c2ccc(C)cc2)c1. The summed E-state index contributed by atoms with van der Waals surface area (Å²) in [7, 11) is -2.67. The molecule has 0 aliphatic carbocycles. The molecule has 214 valence electrons. The zero-order valence-electron chi connectivity index (χ0n) is 23.6. The molecule has 0 fully saturated rings. The number of nitrogens with one attached hydrogen (secondary N) is 1. The van der Waals surface area contributed by atoms with Crippen LogP contribution in [-0.4, -0.2) is 50.4 Å². The average molecular weight is 631 g/mol. The van der Waals surface area contributed by atoms with Crippen molar-refractivity contribution in [3.63, 3.8) is 0 Å². The molecule has 3 rings (SSSR count). The second-order valence-electron chi connectivity index (χ2n) is 10.6. The van der Waals surface area contributed by atoms with Crippen LogP contribution in [0.3, 0.4) is 0 Å². The standard InChI is InChI=1S/C30H36BrN3O5S/c1-21-10-16-27(17-11-21)40(37,38)34(25-8-7-9-26(18-25)39-6)20-28(35)33(19-23-12-14-24(31)15-13-23)22(2)29(36)32-30(3,4)5/h7-18,22H,19-20H2,1-6H3,(H,32,36)/t22-/m1/s1. The van der Waals surface area contributed by atoms with Gasteiger partial charge < -0.3 is 15.0 Å². The molecule has 2 amide bonds. The van der Waals surface area contributed by atoms with Crippen molar-refractivity contribution in [3.8, 4) is 5.75 Å². The van der Waals surface area contributed by atoms with Gasteiger partial charge in [-0.2, -0.15) is 0 Å². The molecular formula is C30H36BrN3O5S. The topological polar surface area (TPSA) is 96.0 Å². The van der Waals surface area contributed by atoms with Gasteiger partial charge in [-0.05, 0) is 76.6 Å². The number of rotatable bonds is 10. The largest absolute Gasteiger partial charge is 0.497 e. The van der Waals surface area contributed by atoms with E-state index < -0.39 is 34.1 Å². The molecule has 8 nitrogen and oxygen atoms in total. The van der Waals surface area contributed by atoms with Gasteiger partial charge in [-0.15, -0.1) is 0 Å². The fraction of sp³-hybridized carbons (Fsp3) is 0.333. The number of carbonyl (C=O) groups is 2. The number of ether oxygens (including phenoxy) is 1. The summed E-state index contributed by atoms with van der Waals surface area (Å²) in [4.78, 5) is 28.6. The first-order valence-electron chi connectivity index (χ1n) is 12.8. The fourth-order valence-corrected chi connectivity index (χ4v) is 5.65. The summed E-state index contributed by atoms with van der Waals surface area (Å²) >= 11 is 3.42. The summed E-state index contributed by atoms with van der Waals surface area (Å²) in [5.41, 5.74) is 1.45. The highest BCUT2D eigenvalue weighted by Crippen LogP contribution is 2.28. The van der Waals surface area contributed by atoms with E-state index in [9.17, 15) is 18.0 Å². The van der Waals surface area contributed by atoms with Crippen LogP contribution >= 0.6 is 15.9 Å². The third kappa shape index (κ3) is 8.08. The summed E-state index contributed by atoms with van der Waals surface area (Å²) in [5.74, 6) is -0.427. The molecule has 0 saturated carbocycles. The molecule has 0 heterocycles. The van der Waals surface area contributed by atoms with E-state index in [-0.39, 0.29) is 23.0 Å². The fourth-order valence-electron chi connectivity index (χ4n) is 3.97. The average Bonchev–Trinajstić information content (AvgIpc) is 2.90. The van der Waals surface area contributed by atoms with Crippen molar-refractivity contribution in [2.75, 3.05) is 18.0 Å². The molecule has 0 bridgehead atoms. The van der Waals surface area contributed by atoms with Gasteiger partial charge in [0, 0.05) is 22.6 Å². The predicted molar refractivity (Wildman–Crippen MR) is 161 cm³/mol. The van der Waals surface area contributed by atoms with Gasteiger partial charge in [-0.3, -0.25) is 13.9 Å². The summed E-state index contributed by atoms with van der Waals surface area (Å²) in [6.45, 7) is 8.67. The first-order valence-corrected chi connectivity index (χ1v) is 15.0. The summed E-state index contributed by atoms with van der Waals surface area (Å²) < 4.78 is 35.1. The van der Waals surface area contributed by atoms with Crippen LogP contribution in [0.2, 0.25) is 0 Å². The highest BCUT2D eigenvalue weighted by Gasteiger charge is 2.33. The molecule has 40 heavy (non-hydrogen) atoms. The van der Waals surface area contributed by atoms with E-state index in [1.54, 1.807) is 43.3 Å². The Labute approximate surface area is 245 Å². The number of carbonyl (C=O) groups excluding carboxylic acids is 2. The lowest BCUT2D eigenvalue weighted by Gasteiger charge is -2.33. The van der Waals surface area contributed by atoms with Crippen LogP contribution < -0.4 is 14.4 Å². The van der Waals surface area contributed by atoms with Gasteiger partial charge in [0.15, 0.2) is 0 Å². The quantitative estimate of drug-likeness (QED) is 0.329. The van der Waals surface area contributed by atoms with Crippen LogP contribution in [0, 0.1) is 6.92 Å². The zero-order chi connectivity index (χ0) is 29.7. The summed E-state index contributed by atoms with van der Waals surface area (Å²) in [6.07, 6.45) is 0. The number of halogens is 1. The Morgan fingerprint density at radius 2 is 1.62 bits per heavy atom. The number of amides is 2. The van der Waals surface area contributed by atoms with Crippen molar-refractivity contribution in [1.82, 2.24) is 10.2 Å². The maximum atomic E-state index is 14.0. The molecule has 1 N–H and O–H groups in total. The zero-order valence-corrected chi connectivity index (χ0v) is 26.0. The second kappa shape index (κ2) is 12.9. The van der Waals surface area contributed by atoms with Gasteiger partial charge in [0.05, 0.1) is 17.7 Å². The Hall–Kier alpha value is -3.37. The molecule has 3 aromatic carbocycles. The van der Waals surface area contributed by atoms with Crippen molar-refractivity contribution in [2.45, 2.75) is 57.6 Å². The number of hydrogen-bond donors (Lipinski definition) is 1. The van der Waals surface area contributed by atoms with E-state index in [2.05, 4.69) is 21.2 Å². The molecule has 0 unspecified atom stereocenters. The molecule has 1 atom stereocenters. The van der Waals surface area contributed by atoms with Crippen LogP contribution in [-0.2, 0) is 26.2 Å². The minimum absolute atomic E-state index is 0.0479. The molecular weight excluding hydrogens is 594 g/mol. The van der Waals surface area contributed by atoms with Crippen molar-refractivity contribution in [2.24, 2.45) is 0 Å². The highest BCUT2D eigenvalue weighted by atomic mass is 79.9. The molecule has 0 aliphatic rings. The number of aryl methyl sites for hydroxylation is 1. The highest BCUT2D eigenvalue weighted by molar-refractivity contribution is 9.10. The van der Waals surface area contributed by atoms with E-state index in [0.29, 0.717) is 5.75 Å². The number of benzene rings is 3. The molecule has 0 aromatic heterocycles. The monoisotopic (exact) mass is 629 g/mol. The van der Waals surface area contributed by atoms with Crippen LogP contribution in [0.1, 0.15) is 38.8 Å². The lowest BCUT2D eigenvalue weighted by atomic mass is 10.1. The van der Waals surface area contributed by atoms with Crippen LogP contribution in [0.4, 0.5) is 5.69 Å².